The van der Waals surface area contributed by atoms with Crippen LogP contribution in [0, 0.1) is 0 Å². The number of hydrogen-bond donors (Lipinski definition) is 2. The molecule has 0 atom stereocenters. The number of carbonyl (C=O) groups excluding carboxylic acids is 3. The Kier molecular flexibility index (Phi) is 5.49. The van der Waals surface area contributed by atoms with Gasteiger partial charge in [0, 0.05) is 17.6 Å². The number of anilines is 1. The molecule has 29 heavy (non-hydrogen) atoms. The molecule has 2 aromatic carbocycles. The zero-order valence-corrected chi connectivity index (χ0v) is 16.8. The van der Waals surface area contributed by atoms with Gasteiger partial charge < -0.3 is 10.6 Å². The average Bonchev–Trinajstić information content (AvgIpc) is 2.88. The number of rotatable bonds is 6. The Bertz CT molecular complexity index is 1120. The standard InChI is InChI=1S/C18H17ClN4O5S/c1-22-10-16(24)23(18(22)26)9-12-6-5-11(17(20)25)7-15(12)21-29(27,28)14-4-2-3-13(19)8-14/h2-8,21H,9-10H2,1H3,(H2,20,25). The molecule has 1 fully saturated rings. The molecule has 4 amide bonds. The lowest BCUT2D eigenvalue weighted by atomic mass is 10.1. The SMILES string of the molecule is CN1CC(=O)N(Cc2ccc(C(N)=O)cc2NS(=O)(=O)c2cccc(Cl)c2)C1=O. The minimum absolute atomic E-state index is 0.0245. The minimum atomic E-state index is -4.06. The molecular weight excluding hydrogens is 420 g/mol. The van der Waals surface area contributed by atoms with Crippen LogP contribution < -0.4 is 10.5 Å². The number of halogens is 1. The van der Waals surface area contributed by atoms with Gasteiger partial charge in [-0.05, 0) is 35.9 Å². The second kappa shape index (κ2) is 7.72. The number of sulfonamides is 1. The number of nitrogens with one attached hydrogen (secondary N) is 1. The van der Waals surface area contributed by atoms with Crippen LogP contribution in [0.5, 0.6) is 0 Å². The van der Waals surface area contributed by atoms with E-state index in [4.69, 9.17) is 17.3 Å². The molecule has 1 aliphatic heterocycles. The third-order valence-corrected chi connectivity index (χ3v) is 5.90. The molecule has 0 bridgehead atoms. The number of nitrogens with zero attached hydrogens (tertiary/aromatic N) is 2. The van der Waals surface area contributed by atoms with Crippen LogP contribution in [0.3, 0.4) is 0 Å². The lowest BCUT2D eigenvalue weighted by molar-refractivity contribution is -0.125. The molecule has 11 heteroatoms. The predicted molar refractivity (Wildman–Crippen MR) is 106 cm³/mol. The van der Waals surface area contributed by atoms with E-state index >= 15 is 0 Å². The lowest BCUT2D eigenvalue weighted by Gasteiger charge is -2.18. The van der Waals surface area contributed by atoms with Gasteiger partial charge in [0.2, 0.25) is 5.91 Å². The van der Waals surface area contributed by atoms with Gasteiger partial charge in [-0.2, -0.15) is 0 Å². The van der Waals surface area contributed by atoms with Crippen molar-refractivity contribution in [2.75, 3.05) is 18.3 Å². The van der Waals surface area contributed by atoms with Crippen LogP contribution >= 0.6 is 11.6 Å². The van der Waals surface area contributed by atoms with Gasteiger partial charge in [-0.25, -0.2) is 13.2 Å². The lowest BCUT2D eigenvalue weighted by Crippen LogP contribution is -2.31. The maximum atomic E-state index is 12.8. The first-order chi connectivity index (χ1) is 13.6. The summed E-state index contributed by atoms with van der Waals surface area (Å²) in [6.45, 7) is -0.240. The highest BCUT2D eigenvalue weighted by atomic mass is 35.5. The molecule has 3 N–H and O–H groups in total. The number of amides is 4. The van der Waals surface area contributed by atoms with Crippen LogP contribution in [-0.2, 0) is 21.4 Å². The third-order valence-electron chi connectivity index (χ3n) is 4.30. The van der Waals surface area contributed by atoms with E-state index in [0.717, 1.165) is 4.90 Å². The van der Waals surface area contributed by atoms with E-state index in [9.17, 15) is 22.8 Å². The summed E-state index contributed by atoms with van der Waals surface area (Å²) >= 11 is 5.87. The van der Waals surface area contributed by atoms with E-state index in [2.05, 4.69) is 4.72 Å². The van der Waals surface area contributed by atoms with Crippen molar-refractivity contribution < 1.29 is 22.8 Å². The molecule has 0 radical (unpaired) electrons. The summed E-state index contributed by atoms with van der Waals surface area (Å²) in [7, 11) is -2.57. The maximum Gasteiger partial charge on any atom is 0.327 e. The Labute approximate surface area is 172 Å². The molecule has 0 aliphatic carbocycles. The topological polar surface area (TPSA) is 130 Å². The molecule has 3 rings (SSSR count). The van der Waals surface area contributed by atoms with Crippen LogP contribution in [0.15, 0.2) is 47.4 Å². The quantitative estimate of drug-likeness (QED) is 0.664. The average molecular weight is 437 g/mol. The second-order valence-electron chi connectivity index (χ2n) is 6.42. The van der Waals surface area contributed by atoms with Gasteiger partial charge in [-0.15, -0.1) is 0 Å². The zero-order valence-electron chi connectivity index (χ0n) is 15.3. The summed E-state index contributed by atoms with van der Waals surface area (Å²) in [6.07, 6.45) is 0. The summed E-state index contributed by atoms with van der Waals surface area (Å²) < 4.78 is 27.9. The number of nitrogens with two attached hydrogens (primary N) is 1. The van der Waals surface area contributed by atoms with Crippen molar-refractivity contribution in [2.24, 2.45) is 5.73 Å². The first-order valence-electron chi connectivity index (χ1n) is 8.35. The van der Waals surface area contributed by atoms with E-state index < -0.39 is 27.9 Å². The highest BCUT2D eigenvalue weighted by Crippen LogP contribution is 2.25. The molecule has 152 valence electrons. The molecule has 0 aromatic heterocycles. The third kappa shape index (κ3) is 4.33. The second-order valence-corrected chi connectivity index (χ2v) is 8.54. The number of urea groups is 1. The number of benzene rings is 2. The summed E-state index contributed by atoms with van der Waals surface area (Å²) in [5, 5.41) is 0.232. The van der Waals surface area contributed by atoms with Crippen molar-refractivity contribution in [2.45, 2.75) is 11.4 Å². The molecule has 0 unspecified atom stereocenters. The van der Waals surface area contributed by atoms with Crippen molar-refractivity contribution in [1.29, 1.82) is 0 Å². The Balaban J connectivity index is 2.00. The fourth-order valence-corrected chi connectivity index (χ4v) is 4.19. The van der Waals surface area contributed by atoms with Crippen LogP contribution in [0.25, 0.3) is 0 Å². The molecule has 1 aliphatic rings. The Morgan fingerprint density at radius 1 is 1.21 bits per heavy atom. The van der Waals surface area contributed by atoms with E-state index in [1.807, 2.05) is 0 Å². The Hall–Kier alpha value is -3.11. The number of primary amides is 1. The van der Waals surface area contributed by atoms with Crippen LogP contribution in [0.4, 0.5) is 10.5 Å². The van der Waals surface area contributed by atoms with Crippen LogP contribution in [0.2, 0.25) is 5.02 Å². The van der Waals surface area contributed by atoms with Crippen molar-refractivity contribution in [3.8, 4) is 0 Å². The highest BCUT2D eigenvalue weighted by Gasteiger charge is 2.34. The van der Waals surface area contributed by atoms with Gasteiger partial charge in [-0.1, -0.05) is 23.7 Å². The molecule has 1 saturated heterocycles. The summed E-state index contributed by atoms with van der Waals surface area (Å²) in [6, 6.07) is 9.22. The van der Waals surface area contributed by atoms with Gasteiger partial charge >= 0.3 is 6.03 Å². The fourth-order valence-electron chi connectivity index (χ4n) is 2.80. The Morgan fingerprint density at radius 3 is 2.52 bits per heavy atom. The number of carbonyl (C=O) groups is 3. The largest absolute Gasteiger partial charge is 0.366 e. The molecule has 0 spiro atoms. The van der Waals surface area contributed by atoms with Crippen molar-refractivity contribution in [1.82, 2.24) is 9.80 Å². The zero-order chi connectivity index (χ0) is 21.3. The summed E-state index contributed by atoms with van der Waals surface area (Å²) in [4.78, 5) is 37.9. The molecule has 1 heterocycles. The first-order valence-corrected chi connectivity index (χ1v) is 10.2. The normalized spacial score (nSPS) is 14.4. The Morgan fingerprint density at radius 2 is 1.93 bits per heavy atom. The summed E-state index contributed by atoms with van der Waals surface area (Å²) in [5.74, 6) is -1.17. The molecule has 9 nitrogen and oxygen atoms in total. The smallest absolute Gasteiger partial charge is 0.327 e. The van der Waals surface area contributed by atoms with Gasteiger partial charge in [0.25, 0.3) is 15.9 Å². The molecule has 2 aromatic rings. The van der Waals surface area contributed by atoms with Gasteiger partial charge in [0.05, 0.1) is 17.1 Å². The van der Waals surface area contributed by atoms with E-state index in [1.54, 1.807) is 0 Å². The van der Waals surface area contributed by atoms with E-state index in [-0.39, 0.29) is 34.3 Å². The van der Waals surface area contributed by atoms with Gasteiger partial charge in [0.1, 0.15) is 6.54 Å². The molecular formula is C18H17ClN4O5S. The maximum absolute atomic E-state index is 12.8. The number of likely N-dealkylation sites (N-methyl/N-ethyl adjacent to an activating group) is 1. The number of hydrogen-bond acceptors (Lipinski definition) is 5. The summed E-state index contributed by atoms with van der Waals surface area (Å²) in [5.41, 5.74) is 5.70. The van der Waals surface area contributed by atoms with Crippen molar-refractivity contribution in [3.05, 3.63) is 58.6 Å². The molecule has 0 saturated carbocycles. The van der Waals surface area contributed by atoms with Gasteiger partial charge in [-0.3, -0.25) is 19.2 Å². The van der Waals surface area contributed by atoms with Gasteiger partial charge in [0.15, 0.2) is 0 Å². The van der Waals surface area contributed by atoms with E-state index in [1.165, 1.54) is 54.4 Å². The highest BCUT2D eigenvalue weighted by molar-refractivity contribution is 7.92. The van der Waals surface area contributed by atoms with Crippen molar-refractivity contribution >= 4 is 45.2 Å². The van der Waals surface area contributed by atoms with E-state index in [0.29, 0.717) is 5.56 Å². The fraction of sp³-hybridized carbons (Fsp3) is 0.167. The first kappa shape index (κ1) is 20.6. The monoisotopic (exact) mass is 436 g/mol. The van der Waals surface area contributed by atoms with Crippen LogP contribution in [0.1, 0.15) is 15.9 Å². The predicted octanol–water partition coefficient (Wildman–Crippen LogP) is 1.63. The van der Waals surface area contributed by atoms with Crippen LogP contribution in [-0.4, -0.2) is 49.7 Å². The minimum Gasteiger partial charge on any atom is -0.366 e. The van der Waals surface area contributed by atoms with Crippen molar-refractivity contribution in [3.63, 3.8) is 0 Å². The number of imide groups is 1.